The smallest absolute Gasteiger partial charge is 0.141 e. The fourth-order valence-corrected chi connectivity index (χ4v) is 2.69. The van der Waals surface area contributed by atoms with Crippen LogP contribution in [0, 0.1) is 0 Å². The number of phenols is 1. The van der Waals surface area contributed by atoms with Gasteiger partial charge < -0.3 is 5.11 Å². The number of aromatic hydroxyl groups is 1. The van der Waals surface area contributed by atoms with Gasteiger partial charge in [-0.2, -0.15) is 5.10 Å². The van der Waals surface area contributed by atoms with E-state index in [4.69, 9.17) is 0 Å². The highest BCUT2D eigenvalue weighted by Crippen LogP contribution is 2.22. The minimum Gasteiger partial charge on any atom is -0.506 e. The quantitative estimate of drug-likeness (QED) is 0.760. The van der Waals surface area contributed by atoms with E-state index in [-0.39, 0.29) is 5.75 Å². The third-order valence-electron chi connectivity index (χ3n) is 4.01. The monoisotopic (exact) mass is 310 g/mol. The number of para-hydroxylation sites is 1. The van der Waals surface area contributed by atoms with E-state index in [9.17, 15) is 5.11 Å². The number of benzene rings is 1. The number of fused-ring (bicyclic) bond motifs is 1. The van der Waals surface area contributed by atoms with Crippen LogP contribution in [0.1, 0.15) is 25.1 Å². The molecule has 0 saturated heterocycles. The molecule has 0 radical (unpaired) electrons. The van der Waals surface area contributed by atoms with Gasteiger partial charge in [-0.25, -0.2) is 4.98 Å². The summed E-state index contributed by atoms with van der Waals surface area (Å²) in [7, 11) is 0. The molecule has 0 aliphatic carbocycles. The van der Waals surface area contributed by atoms with Gasteiger partial charge in [0.2, 0.25) is 0 Å². The van der Waals surface area contributed by atoms with Crippen molar-refractivity contribution in [1.82, 2.24) is 19.7 Å². The van der Waals surface area contributed by atoms with Gasteiger partial charge in [-0.1, -0.05) is 25.1 Å². The summed E-state index contributed by atoms with van der Waals surface area (Å²) in [5, 5.41) is 15.2. The Morgan fingerprint density at radius 3 is 2.74 bits per heavy atom. The first-order valence-electron chi connectivity index (χ1n) is 8.01. The van der Waals surface area contributed by atoms with Gasteiger partial charge in [0.25, 0.3) is 0 Å². The Balaban J connectivity index is 1.77. The summed E-state index contributed by atoms with van der Waals surface area (Å²) < 4.78 is 1.94. The molecule has 0 amide bonds. The standard InChI is InChI=1S/C18H22N4O/c1-3-21(11-14-10-19-22(4-2)12-14)13-16-9-8-15-6-5-7-17(23)18(15)20-16/h5-10,12,23H,3-4,11,13H2,1-2H3. The van der Waals surface area contributed by atoms with E-state index >= 15 is 0 Å². The lowest BCUT2D eigenvalue weighted by Gasteiger charge is -2.19. The van der Waals surface area contributed by atoms with Gasteiger partial charge in [0.05, 0.1) is 11.9 Å². The molecule has 0 aliphatic rings. The topological polar surface area (TPSA) is 54.2 Å². The molecular formula is C18H22N4O. The summed E-state index contributed by atoms with van der Waals surface area (Å²) in [5.41, 5.74) is 2.83. The molecule has 23 heavy (non-hydrogen) atoms. The SMILES string of the molecule is CCN(Cc1cnn(CC)c1)Cc1ccc2cccc(O)c2n1. The first kappa shape index (κ1) is 15.5. The molecule has 1 aromatic carbocycles. The second kappa shape index (κ2) is 6.79. The maximum atomic E-state index is 9.96. The molecule has 120 valence electrons. The van der Waals surface area contributed by atoms with E-state index < -0.39 is 0 Å². The highest BCUT2D eigenvalue weighted by atomic mass is 16.3. The van der Waals surface area contributed by atoms with Crippen molar-refractivity contribution in [3.63, 3.8) is 0 Å². The number of hydrogen-bond donors (Lipinski definition) is 1. The maximum Gasteiger partial charge on any atom is 0.141 e. The number of phenolic OH excluding ortho intramolecular Hbond substituents is 1. The van der Waals surface area contributed by atoms with Gasteiger partial charge >= 0.3 is 0 Å². The fourth-order valence-electron chi connectivity index (χ4n) is 2.69. The number of aromatic nitrogens is 3. The van der Waals surface area contributed by atoms with Crippen LogP contribution >= 0.6 is 0 Å². The minimum absolute atomic E-state index is 0.233. The largest absolute Gasteiger partial charge is 0.506 e. The highest BCUT2D eigenvalue weighted by molar-refractivity contribution is 5.84. The first-order valence-corrected chi connectivity index (χ1v) is 8.01. The molecule has 5 heteroatoms. The second-order valence-corrected chi connectivity index (χ2v) is 5.66. The predicted octanol–water partition coefficient (Wildman–Crippen LogP) is 3.18. The van der Waals surface area contributed by atoms with E-state index in [1.165, 1.54) is 5.56 Å². The third-order valence-corrected chi connectivity index (χ3v) is 4.01. The van der Waals surface area contributed by atoms with Crippen LogP contribution in [0.15, 0.2) is 42.7 Å². The van der Waals surface area contributed by atoms with Crippen LogP contribution in [0.4, 0.5) is 0 Å². The van der Waals surface area contributed by atoms with E-state index in [1.54, 1.807) is 6.07 Å². The molecule has 0 unspecified atom stereocenters. The molecule has 0 atom stereocenters. The van der Waals surface area contributed by atoms with Crippen molar-refractivity contribution >= 4 is 10.9 Å². The van der Waals surface area contributed by atoms with E-state index in [0.29, 0.717) is 5.52 Å². The van der Waals surface area contributed by atoms with Gasteiger partial charge in [0, 0.05) is 36.8 Å². The second-order valence-electron chi connectivity index (χ2n) is 5.66. The van der Waals surface area contributed by atoms with Crippen LogP contribution in [-0.4, -0.2) is 31.3 Å². The van der Waals surface area contributed by atoms with Crippen LogP contribution in [-0.2, 0) is 19.6 Å². The first-order chi connectivity index (χ1) is 11.2. The Labute approximate surface area is 136 Å². The average molecular weight is 310 g/mol. The number of nitrogens with zero attached hydrogens (tertiary/aromatic N) is 4. The molecule has 0 aliphatic heterocycles. The van der Waals surface area contributed by atoms with Crippen LogP contribution in [0.5, 0.6) is 5.75 Å². The Morgan fingerprint density at radius 2 is 2.00 bits per heavy atom. The van der Waals surface area contributed by atoms with E-state index in [0.717, 1.165) is 37.3 Å². The zero-order valence-corrected chi connectivity index (χ0v) is 13.6. The molecule has 0 bridgehead atoms. The zero-order chi connectivity index (χ0) is 16.2. The maximum absolute atomic E-state index is 9.96. The van der Waals surface area contributed by atoms with Gasteiger partial charge in [-0.05, 0) is 25.6 Å². The molecule has 0 fully saturated rings. The lowest BCUT2D eigenvalue weighted by molar-refractivity contribution is 0.268. The summed E-state index contributed by atoms with van der Waals surface area (Å²) in [6.07, 6.45) is 4.01. The lowest BCUT2D eigenvalue weighted by Crippen LogP contribution is -2.22. The predicted molar refractivity (Wildman–Crippen MR) is 91.1 cm³/mol. The Kier molecular flexibility index (Phi) is 4.57. The highest BCUT2D eigenvalue weighted by Gasteiger charge is 2.09. The third kappa shape index (κ3) is 3.51. The van der Waals surface area contributed by atoms with Crippen molar-refractivity contribution < 1.29 is 5.11 Å². The molecule has 3 rings (SSSR count). The summed E-state index contributed by atoms with van der Waals surface area (Å²) in [5.74, 6) is 0.233. The summed E-state index contributed by atoms with van der Waals surface area (Å²) in [4.78, 5) is 6.92. The van der Waals surface area contributed by atoms with E-state index in [1.807, 2.05) is 35.1 Å². The molecule has 0 spiro atoms. The Morgan fingerprint density at radius 1 is 1.13 bits per heavy atom. The number of hydrogen-bond acceptors (Lipinski definition) is 4. The summed E-state index contributed by atoms with van der Waals surface area (Å²) >= 11 is 0. The van der Waals surface area contributed by atoms with Gasteiger partial charge in [-0.3, -0.25) is 9.58 Å². The summed E-state index contributed by atoms with van der Waals surface area (Å²) in [6.45, 7) is 7.63. The van der Waals surface area contributed by atoms with Crippen molar-refractivity contribution in [2.45, 2.75) is 33.5 Å². The zero-order valence-electron chi connectivity index (χ0n) is 13.6. The van der Waals surface area contributed by atoms with Gasteiger partial charge in [-0.15, -0.1) is 0 Å². The van der Waals surface area contributed by atoms with Crippen molar-refractivity contribution in [2.24, 2.45) is 0 Å². The van der Waals surface area contributed by atoms with Crippen molar-refractivity contribution in [3.8, 4) is 5.75 Å². The minimum atomic E-state index is 0.233. The number of aryl methyl sites for hydroxylation is 1. The van der Waals surface area contributed by atoms with Crippen LogP contribution in [0.3, 0.4) is 0 Å². The molecule has 2 aromatic heterocycles. The molecular weight excluding hydrogens is 288 g/mol. The van der Waals surface area contributed by atoms with Gasteiger partial charge in [0.1, 0.15) is 11.3 Å². The van der Waals surface area contributed by atoms with Crippen LogP contribution in [0.25, 0.3) is 10.9 Å². The normalized spacial score (nSPS) is 11.4. The van der Waals surface area contributed by atoms with Crippen LogP contribution in [0.2, 0.25) is 0 Å². The molecule has 2 heterocycles. The Bertz CT molecular complexity index is 797. The van der Waals surface area contributed by atoms with Crippen LogP contribution < -0.4 is 0 Å². The molecule has 1 N–H and O–H groups in total. The number of rotatable bonds is 6. The lowest BCUT2D eigenvalue weighted by atomic mass is 10.2. The summed E-state index contributed by atoms with van der Waals surface area (Å²) in [6, 6.07) is 9.52. The Hall–Kier alpha value is -2.40. The van der Waals surface area contributed by atoms with Gasteiger partial charge in [0.15, 0.2) is 0 Å². The molecule has 0 saturated carbocycles. The number of pyridine rings is 1. The average Bonchev–Trinajstić information content (AvgIpc) is 3.02. The van der Waals surface area contributed by atoms with Crippen molar-refractivity contribution in [3.05, 3.63) is 54.0 Å². The molecule has 5 nitrogen and oxygen atoms in total. The van der Waals surface area contributed by atoms with E-state index in [2.05, 4.69) is 35.0 Å². The molecule has 3 aromatic rings. The van der Waals surface area contributed by atoms with Crippen molar-refractivity contribution in [1.29, 1.82) is 0 Å². The fraction of sp³-hybridized carbons (Fsp3) is 0.333. The van der Waals surface area contributed by atoms with Crippen molar-refractivity contribution in [2.75, 3.05) is 6.54 Å².